The largest absolute Gasteiger partial charge is 0.461 e. The van der Waals surface area contributed by atoms with Gasteiger partial charge in [-0.2, -0.15) is 0 Å². The first-order valence-corrected chi connectivity index (χ1v) is 10.2. The van der Waals surface area contributed by atoms with Crippen LogP contribution in [0.4, 0.5) is 0 Å². The third kappa shape index (κ3) is 3.13. The fourth-order valence-electron chi connectivity index (χ4n) is 3.72. The van der Waals surface area contributed by atoms with Crippen molar-refractivity contribution in [3.8, 4) is 11.5 Å². The van der Waals surface area contributed by atoms with Crippen LogP contribution in [-0.4, -0.2) is 52.9 Å². The van der Waals surface area contributed by atoms with Crippen LogP contribution in [0, 0.1) is 5.92 Å². The van der Waals surface area contributed by atoms with Gasteiger partial charge in [-0.3, -0.25) is 9.59 Å². The Kier molecular flexibility index (Phi) is 4.27. The van der Waals surface area contributed by atoms with Crippen molar-refractivity contribution in [1.29, 1.82) is 0 Å². The van der Waals surface area contributed by atoms with Gasteiger partial charge < -0.3 is 18.7 Å². The van der Waals surface area contributed by atoms with Crippen LogP contribution in [0.2, 0.25) is 0 Å². The van der Waals surface area contributed by atoms with Crippen LogP contribution in [0.25, 0.3) is 11.5 Å². The van der Waals surface area contributed by atoms with Gasteiger partial charge >= 0.3 is 0 Å². The van der Waals surface area contributed by atoms with E-state index in [1.54, 1.807) is 40.7 Å². The Morgan fingerprint density at radius 1 is 1.07 bits per heavy atom. The molecule has 0 spiro atoms. The first-order valence-electron chi connectivity index (χ1n) is 9.33. The second kappa shape index (κ2) is 6.94. The highest BCUT2D eigenvalue weighted by Gasteiger charge is 2.46. The minimum atomic E-state index is -0.184. The van der Waals surface area contributed by atoms with Crippen molar-refractivity contribution >= 4 is 23.2 Å². The number of hydrogen-bond donors (Lipinski definition) is 0. The Balaban J connectivity index is 1.17. The molecule has 7 nitrogen and oxygen atoms in total. The van der Waals surface area contributed by atoms with E-state index in [4.69, 9.17) is 8.94 Å². The average Bonchev–Trinajstić information content (AvgIpc) is 3.21. The summed E-state index contributed by atoms with van der Waals surface area (Å²) in [6, 6.07) is 9.23. The maximum absolute atomic E-state index is 12.7. The minimum absolute atomic E-state index is 0.104. The second-order valence-corrected chi connectivity index (χ2v) is 8.11. The number of hydrogen-bond acceptors (Lipinski definition) is 6. The van der Waals surface area contributed by atoms with E-state index in [1.807, 2.05) is 11.0 Å². The molecule has 2 amide bonds. The summed E-state index contributed by atoms with van der Waals surface area (Å²) < 4.78 is 10.5. The smallest absolute Gasteiger partial charge is 0.276 e. The van der Waals surface area contributed by atoms with Gasteiger partial charge in [-0.15, -0.1) is 11.3 Å². The number of furan rings is 1. The molecule has 3 aromatic rings. The van der Waals surface area contributed by atoms with E-state index in [9.17, 15) is 9.59 Å². The maximum Gasteiger partial charge on any atom is 0.276 e. The molecule has 1 saturated heterocycles. The van der Waals surface area contributed by atoms with Gasteiger partial charge in [0, 0.05) is 49.0 Å². The number of carbonyl (C=O) groups is 2. The summed E-state index contributed by atoms with van der Waals surface area (Å²) in [5.74, 6) is 1.47. The van der Waals surface area contributed by atoms with Crippen molar-refractivity contribution in [3.63, 3.8) is 0 Å². The zero-order valence-corrected chi connectivity index (χ0v) is 15.9. The molecule has 5 rings (SSSR count). The quantitative estimate of drug-likeness (QED) is 0.676. The number of rotatable bonds is 4. The third-order valence-electron chi connectivity index (χ3n) is 5.39. The van der Waals surface area contributed by atoms with E-state index in [2.05, 4.69) is 16.6 Å². The number of amides is 2. The lowest BCUT2D eigenvalue weighted by atomic mass is 10.2. The fraction of sp³-hybridized carbons (Fsp3) is 0.350. The lowest BCUT2D eigenvalue weighted by Crippen LogP contribution is -2.51. The summed E-state index contributed by atoms with van der Waals surface area (Å²) in [6.45, 7) is 2.12. The van der Waals surface area contributed by atoms with E-state index >= 15 is 0 Å². The van der Waals surface area contributed by atoms with Gasteiger partial charge in [0.25, 0.3) is 5.91 Å². The van der Waals surface area contributed by atoms with Gasteiger partial charge in [0.1, 0.15) is 0 Å². The molecular weight excluding hydrogens is 378 g/mol. The van der Waals surface area contributed by atoms with E-state index < -0.39 is 0 Å². The number of thiophene rings is 1. The number of nitrogens with zero attached hydrogens (tertiary/aromatic N) is 3. The second-order valence-electron chi connectivity index (χ2n) is 7.14. The lowest BCUT2D eigenvalue weighted by Gasteiger charge is -2.34. The molecule has 0 radical (unpaired) electrons. The van der Waals surface area contributed by atoms with Crippen molar-refractivity contribution in [2.75, 3.05) is 26.2 Å². The number of piperazine rings is 1. The van der Waals surface area contributed by atoms with E-state index in [0.29, 0.717) is 43.6 Å². The minimum Gasteiger partial charge on any atom is -0.461 e. The molecule has 0 N–H and O–H groups in total. The lowest BCUT2D eigenvalue weighted by molar-refractivity contribution is -0.134. The molecule has 4 heterocycles. The Morgan fingerprint density at radius 3 is 2.61 bits per heavy atom. The molecule has 144 valence electrons. The Bertz CT molecular complexity index is 971. The summed E-state index contributed by atoms with van der Waals surface area (Å²) in [5.41, 5.74) is 0.256. The molecule has 0 unspecified atom stereocenters. The highest BCUT2D eigenvalue weighted by atomic mass is 32.1. The highest BCUT2D eigenvalue weighted by molar-refractivity contribution is 7.10. The molecule has 2 fully saturated rings. The van der Waals surface area contributed by atoms with Crippen LogP contribution in [0.3, 0.4) is 0 Å². The summed E-state index contributed by atoms with van der Waals surface area (Å²) in [6.07, 6.45) is 2.48. The standard InChI is InChI=1S/C20H19N3O4S/c24-19(14-11-13(14)18-4-2-10-28-18)22-5-7-23(8-6-22)20(25)15-12-17(27-21-15)16-3-1-9-26-16/h1-4,9-10,12-14H,5-8,11H2/t13-,14+/m1/s1. The highest BCUT2D eigenvalue weighted by Crippen LogP contribution is 2.50. The zero-order valence-electron chi connectivity index (χ0n) is 15.1. The van der Waals surface area contributed by atoms with Crippen LogP contribution >= 0.6 is 11.3 Å². The number of carbonyl (C=O) groups excluding carboxylic acids is 2. The van der Waals surface area contributed by atoms with Gasteiger partial charge in [0.15, 0.2) is 11.5 Å². The summed E-state index contributed by atoms with van der Waals surface area (Å²) in [5, 5.41) is 5.93. The molecule has 0 bridgehead atoms. The zero-order chi connectivity index (χ0) is 19.1. The van der Waals surface area contributed by atoms with Crippen molar-refractivity contribution in [3.05, 3.63) is 52.5 Å². The van der Waals surface area contributed by atoms with Crippen LogP contribution in [0.1, 0.15) is 27.7 Å². The normalized spacial score (nSPS) is 21.7. The van der Waals surface area contributed by atoms with Gasteiger partial charge in [0.2, 0.25) is 11.7 Å². The van der Waals surface area contributed by atoms with Crippen molar-refractivity contribution in [2.45, 2.75) is 12.3 Å². The van der Waals surface area contributed by atoms with Crippen molar-refractivity contribution in [1.82, 2.24) is 15.0 Å². The summed E-state index contributed by atoms with van der Waals surface area (Å²) >= 11 is 1.72. The van der Waals surface area contributed by atoms with Crippen molar-refractivity contribution in [2.24, 2.45) is 5.92 Å². The van der Waals surface area contributed by atoms with Crippen LogP contribution in [0.15, 0.2) is 50.9 Å². The predicted molar refractivity (Wildman–Crippen MR) is 102 cm³/mol. The van der Waals surface area contributed by atoms with E-state index in [1.165, 1.54) is 4.88 Å². The molecule has 1 saturated carbocycles. The Hall–Kier alpha value is -2.87. The predicted octanol–water partition coefficient (Wildman–Crippen LogP) is 3.08. The average molecular weight is 397 g/mol. The van der Waals surface area contributed by atoms with Crippen molar-refractivity contribution < 1.29 is 18.5 Å². The van der Waals surface area contributed by atoms with E-state index in [0.717, 1.165) is 6.42 Å². The molecule has 8 heteroatoms. The molecule has 2 atom stereocenters. The molecule has 28 heavy (non-hydrogen) atoms. The summed E-state index contributed by atoms with van der Waals surface area (Å²) in [7, 11) is 0. The van der Waals surface area contributed by atoms with Crippen LogP contribution < -0.4 is 0 Å². The molecule has 0 aromatic carbocycles. The monoisotopic (exact) mass is 397 g/mol. The maximum atomic E-state index is 12.7. The summed E-state index contributed by atoms with van der Waals surface area (Å²) in [4.78, 5) is 30.3. The van der Waals surface area contributed by atoms with Gasteiger partial charge in [-0.25, -0.2) is 0 Å². The molecule has 1 aliphatic carbocycles. The van der Waals surface area contributed by atoms with Crippen LogP contribution in [0.5, 0.6) is 0 Å². The topological polar surface area (TPSA) is 79.8 Å². The van der Waals surface area contributed by atoms with E-state index in [-0.39, 0.29) is 23.4 Å². The van der Waals surface area contributed by atoms with Gasteiger partial charge in [-0.05, 0) is 30.0 Å². The van der Waals surface area contributed by atoms with Gasteiger partial charge in [-0.1, -0.05) is 11.2 Å². The molecule has 3 aromatic heterocycles. The molecular formula is C20H19N3O4S. The van der Waals surface area contributed by atoms with Gasteiger partial charge in [0.05, 0.1) is 6.26 Å². The molecule has 1 aliphatic heterocycles. The fourth-order valence-corrected chi connectivity index (χ4v) is 4.63. The SMILES string of the molecule is O=C(c1cc(-c2ccco2)on1)N1CCN(C(=O)[C@H]2C[C@H]2c2cccs2)CC1. The first kappa shape index (κ1) is 17.2. The van der Waals surface area contributed by atoms with Crippen LogP contribution in [-0.2, 0) is 4.79 Å². The third-order valence-corrected chi connectivity index (χ3v) is 6.39. The number of aromatic nitrogens is 1. The Morgan fingerprint density at radius 2 is 1.89 bits per heavy atom. The molecule has 2 aliphatic rings. The Labute approximate surface area is 165 Å². The first-order chi connectivity index (χ1) is 13.7.